The number of halogens is 1. The van der Waals surface area contributed by atoms with Gasteiger partial charge in [0.25, 0.3) is 5.91 Å². The van der Waals surface area contributed by atoms with Crippen LogP contribution in [0, 0.1) is 12.7 Å². The third-order valence-corrected chi connectivity index (χ3v) is 4.88. The average Bonchev–Trinajstić information content (AvgIpc) is 3.10. The minimum Gasteiger partial charge on any atom is -0.348 e. The molecule has 0 aliphatic heterocycles. The maximum atomic E-state index is 13.7. The molecule has 0 aliphatic carbocycles. The normalized spacial score (nSPS) is 10.8. The van der Waals surface area contributed by atoms with Crippen LogP contribution in [-0.2, 0) is 17.9 Å². The van der Waals surface area contributed by atoms with Gasteiger partial charge in [0, 0.05) is 18.4 Å². The van der Waals surface area contributed by atoms with E-state index in [9.17, 15) is 18.8 Å². The van der Waals surface area contributed by atoms with Crippen molar-refractivity contribution in [1.29, 1.82) is 0 Å². The van der Waals surface area contributed by atoms with Crippen LogP contribution < -0.4 is 16.3 Å². The molecule has 0 radical (unpaired) electrons. The van der Waals surface area contributed by atoms with Crippen molar-refractivity contribution in [2.75, 3.05) is 5.32 Å². The zero-order valence-electron chi connectivity index (χ0n) is 17.2. The maximum absolute atomic E-state index is 13.7. The number of anilines is 1. The lowest BCUT2D eigenvalue weighted by molar-refractivity contribution is -0.117. The lowest BCUT2D eigenvalue weighted by Crippen LogP contribution is -2.28. The van der Waals surface area contributed by atoms with Gasteiger partial charge < -0.3 is 10.6 Å². The number of aromatic nitrogens is 3. The van der Waals surface area contributed by atoms with E-state index in [2.05, 4.69) is 15.7 Å². The Labute approximate surface area is 182 Å². The second kappa shape index (κ2) is 8.84. The zero-order chi connectivity index (χ0) is 22.7. The number of benzene rings is 2. The third-order valence-electron chi connectivity index (χ3n) is 4.88. The van der Waals surface area contributed by atoms with Crippen molar-refractivity contribution in [2.45, 2.75) is 20.0 Å². The highest BCUT2D eigenvalue weighted by molar-refractivity contribution is 5.94. The van der Waals surface area contributed by atoms with Crippen LogP contribution in [0.2, 0.25) is 0 Å². The highest BCUT2D eigenvalue weighted by atomic mass is 19.1. The van der Waals surface area contributed by atoms with E-state index in [0.717, 1.165) is 10.2 Å². The third kappa shape index (κ3) is 4.56. The Balaban J connectivity index is 1.47. The van der Waals surface area contributed by atoms with Gasteiger partial charge >= 0.3 is 5.69 Å². The molecule has 2 heterocycles. The van der Waals surface area contributed by atoms with E-state index >= 15 is 0 Å². The molecule has 0 saturated carbocycles. The molecule has 0 atom stereocenters. The van der Waals surface area contributed by atoms with Gasteiger partial charge in [-0.15, -0.1) is 5.10 Å². The number of fused-ring (bicyclic) bond motifs is 1. The summed E-state index contributed by atoms with van der Waals surface area (Å²) in [5.41, 5.74) is 1.71. The second-order valence-corrected chi connectivity index (χ2v) is 7.27. The molecule has 0 aliphatic rings. The van der Waals surface area contributed by atoms with Crippen molar-refractivity contribution in [3.8, 4) is 0 Å². The van der Waals surface area contributed by atoms with Crippen LogP contribution in [0.4, 0.5) is 10.1 Å². The molecule has 32 heavy (non-hydrogen) atoms. The first kappa shape index (κ1) is 21.0. The number of aryl methyl sites for hydroxylation is 1. The van der Waals surface area contributed by atoms with Crippen molar-refractivity contribution >= 4 is 23.1 Å². The molecule has 0 saturated heterocycles. The summed E-state index contributed by atoms with van der Waals surface area (Å²) in [6.45, 7) is 1.62. The summed E-state index contributed by atoms with van der Waals surface area (Å²) < 4.78 is 15.9. The predicted octanol–water partition coefficient (Wildman–Crippen LogP) is 2.51. The molecular weight excluding hydrogens is 413 g/mol. The van der Waals surface area contributed by atoms with Crippen molar-refractivity contribution in [2.24, 2.45) is 0 Å². The summed E-state index contributed by atoms with van der Waals surface area (Å²) in [5.74, 6) is -1.31. The van der Waals surface area contributed by atoms with E-state index in [4.69, 9.17) is 0 Å². The number of hydrogen-bond acceptors (Lipinski definition) is 4. The predicted molar refractivity (Wildman–Crippen MR) is 117 cm³/mol. The van der Waals surface area contributed by atoms with E-state index in [0.29, 0.717) is 17.8 Å². The zero-order valence-corrected chi connectivity index (χ0v) is 17.2. The molecule has 2 N–H and O–H groups in total. The topological polar surface area (TPSA) is 97.5 Å². The number of rotatable bonds is 6. The number of hydrogen-bond donors (Lipinski definition) is 2. The highest BCUT2D eigenvalue weighted by Crippen LogP contribution is 2.13. The average molecular weight is 433 g/mol. The first-order chi connectivity index (χ1) is 15.4. The van der Waals surface area contributed by atoms with Gasteiger partial charge in [-0.3, -0.25) is 9.59 Å². The Bertz CT molecular complexity index is 1360. The van der Waals surface area contributed by atoms with Crippen LogP contribution in [0.5, 0.6) is 0 Å². The van der Waals surface area contributed by atoms with E-state index in [-0.39, 0.29) is 23.7 Å². The molecule has 162 valence electrons. The summed E-state index contributed by atoms with van der Waals surface area (Å²) in [4.78, 5) is 37.4. The summed E-state index contributed by atoms with van der Waals surface area (Å²) in [6, 6.07) is 16.9. The molecule has 2 aromatic heterocycles. The van der Waals surface area contributed by atoms with Crippen LogP contribution in [0.1, 0.15) is 21.5 Å². The molecule has 2 amide bonds. The molecule has 4 aromatic rings. The molecule has 4 rings (SSSR count). The van der Waals surface area contributed by atoms with Gasteiger partial charge in [-0.25, -0.2) is 18.3 Å². The fourth-order valence-electron chi connectivity index (χ4n) is 3.14. The fourth-order valence-corrected chi connectivity index (χ4v) is 3.14. The Hall–Kier alpha value is -4.27. The number of amides is 2. The monoisotopic (exact) mass is 433 g/mol. The molecule has 9 heteroatoms. The number of carbonyl (C=O) groups is 2. The molecule has 8 nitrogen and oxygen atoms in total. The molecular formula is C23H20FN5O3. The fraction of sp³-hybridized carbons (Fsp3) is 0.130. The molecule has 0 fully saturated rings. The van der Waals surface area contributed by atoms with Crippen LogP contribution in [0.15, 0.2) is 71.7 Å². The van der Waals surface area contributed by atoms with Crippen molar-refractivity contribution < 1.29 is 14.0 Å². The molecule has 0 bridgehead atoms. The molecule has 2 aromatic carbocycles. The van der Waals surface area contributed by atoms with Crippen molar-refractivity contribution in [3.63, 3.8) is 0 Å². The van der Waals surface area contributed by atoms with Gasteiger partial charge in [-0.1, -0.05) is 36.4 Å². The second-order valence-electron chi connectivity index (χ2n) is 7.27. The largest absolute Gasteiger partial charge is 0.350 e. The molecule has 0 unspecified atom stereocenters. The highest BCUT2D eigenvalue weighted by Gasteiger charge is 2.14. The van der Waals surface area contributed by atoms with Crippen LogP contribution in [0.25, 0.3) is 5.65 Å². The Morgan fingerprint density at radius 1 is 1.06 bits per heavy atom. The van der Waals surface area contributed by atoms with Crippen molar-refractivity contribution in [3.05, 3.63) is 99.9 Å². The number of carbonyl (C=O) groups excluding carboxylic acids is 2. The van der Waals surface area contributed by atoms with E-state index in [1.807, 2.05) is 30.3 Å². The van der Waals surface area contributed by atoms with Crippen LogP contribution >= 0.6 is 0 Å². The Morgan fingerprint density at radius 2 is 1.84 bits per heavy atom. The van der Waals surface area contributed by atoms with E-state index < -0.39 is 17.4 Å². The van der Waals surface area contributed by atoms with Gasteiger partial charge in [0.15, 0.2) is 5.65 Å². The van der Waals surface area contributed by atoms with Gasteiger partial charge in [0.2, 0.25) is 5.91 Å². The van der Waals surface area contributed by atoms with Crippen molar-refractivity contribution in [1.82, 2.24) is 19.5 Å². The summed E-state index contributed by atoms with van der Waals surface area (Å²) >= 11 is 0. The lowest BCUT2D eigenvalue weighted by Gasteiger charge is -2.06. The van der Waals surface area contributed by atoms with Gasteiger partial charge in [0.1, 0.15) is 12.4 Å². The number of nitrogens with one attached hydrogen (secondary N) is 2. The van der Waals surface area contributed by atoms with Gasteiger partial charge in [-0.2, -0.15) is 0 Å². The van der Waals surface area contributed by atoms with E-state index in [1.165, 1.54) is 22.7 Å². The van der Waals surface area contributed by atoms with E-state index in [1.54, 1.807) is 25.1 Å². The van der Waals surface area contributed by atoms with Gasteiger partial charge in [0.05, 0.1) is 5.56 Å². The SMILES string of the molecule is Cc1ccc(NC(=O)Cn2nc3ccc(C(=O)NCc4ccccc4)cn3c2=O)cc1F. The lowest BCUT2D eigenvalue weighted by atomic mass is 10.2. The quantitative estimate of drug-likeness (QED) is 0.488. The Kier molecular flexibility index (Phi) is 5.80. The first-order valence-electron chi connectivity index (χ1n) is 9.88. The van der Waals surface area contributed by atoms with Crippen LogP contribution in [-0.4, -0.2) is 26.0 Å². The summed E-state index contributed by atoms with van der Waals surface area (Å²) in [6.07, 6.45) is 1.38. The smallest absolute Gasteiger partial charge is 0.348 e. The standard InChI is InChI=1S/C23H20FN5O3/c1-15-7-9-18(11-19(15)24)26-21(30)14-29-23(32)28-13-17(8-10-20(28)27-29)22(31)25-12-16-5-3-2-4-6-16/h2-11,13H,12,14H2,1H3,(H,25,31)(H,26,30). The van der Waals surface area contributed by atoms with Gasteiger partial charge in [-0.05, 0) is 42.3 Å². The Morgan fingerprint density at radius 3 is 2.59 bits per heavy atom. The summed E-state index contributed by atoms with van der Waals surface area (Å²) in [7, 11) is 0. The molecule has 0 spiro atoms. The van der Waals surface area contributed by atoms with Crippen LogP contribution in [0.3, 0.4) is 0 Å². The minimum atomic E-state index is -0.567. The number of nitrogens with zero attached hydrogens (tertiary/aromatic N) is 3. The first-order valence-corrected chi connectivity index (χ1v) is 9.88. The maximum Gasteiger partial charge on any atom is 0.350 e. The number of pyridine rings is 1. The summed E-state index contributed by atoms with van der Waals surface area (Å²) in [5, 5.41) is 9.46. The minimum absolute atomic E-state index is 0.285.